The van der Waals surface area contributed by atoms with Gasteiger partial charge in [0.15, 0.2) is 0 Å². The van der Waals surface area contributed by atoms with Crippen molar-refractivity contribution >= 4 is 61.8 Å². The molecule has 2 aromatic heterocycles. The minimum Gasteiger partial charge on any atom is -0.384 e. The minimum absolute atomic E-state index is 0. The lowest BCUT2D eigenvalue weighted by atomic mass is 10.1. The van der Waals surface area contributed by atoms with E-state index in [0.717, 1.165) is 21.2 Å². The van der Waals surface area contributed by atoms with Gasteiger partial charge in [-0.05, 0) is 35.9 Å². The van der Waals surface area contributed by atoms with Gasteiger partial charge in [0.2, 0.25) is 5.91 Å². The number of halogens is 1. The third-order valence-electron chi connectivity index (χ3n) is 7.68. The van der Waals surface area contributed by atoms with Crippen LogP contribution in [0.2, 0.25) is 0 Å². The second-order valence-electron chi connectivity index (χ2n) is 10.4. The highest BCUT2D eigenvalue weighted by molar-refractivity contribution is 7.93. The molecular formula is C31H32ClN7O4S. The molecule has 1 aliphatic heterocycles. The summed E-state index contributed by atoms with van der Waals surface area (Å²) in [6, 6.07) is 21.2. The Hall–Kier alpha value is -4.52. The molecule has 0 spiro atoms. The molecule has 3 N–H and O–H groups in total. The van der Waals surface area contributed by atoms with Crippen molar-refractivity contribution in [3.63, 3.8) is 0 Å². The molecule has 0 bridgehead atoms. The number of anilines is 1. The fourth-order valence-electron chi connectivity index (χ4n) is 5.29. The Morgan fingerprint density at radius 3 is 2.50 bits per heavy atom. The summed E-state index contributed by atoms with van der Waals surface area (Å²) >= 11 is 0. The van der Waals surface area contributed by atoms with Gasteiger partial charge in [-0.15, -0.1) is 12.4 Å². The summed E-state index contributed by atoms with van der Waals surface area (Å²) < 4.78 is 37.2. The molecule has 0 atom stereocenters. The molecule has 13 heteroatoms. The van der Waals surface area contributed by atoms with E-state index in [1.807, 2.05) is 29.8 Å². The number of rotatable bonds is 8. The monoisotopic (exact) mass is 633 g/mol. The first kappa shape index (κ1) is 30.9. The number of benzene rings is 3. The van der Waals surface area contributed by atoms with Crippen LogP contribution < -0.4 is 10.0 Å². The zero-order chi connectivity index (χ0) is 30.1. The number of para-hydroxylation sites is 1. The number of pyridine rings is 1. The van der Waals surface area contributed by atoms with Gasteiger partial charge in [0.05, 0.1) is 35.5 Å². The number of morpholine rings is 1. The smallest absolute Gasteiger partial charge is 0.266 e. The van der Waals surface area contributed by atoms with Gasteiger partial charge in [-0.25, -0.2) is 13.4 Å². The Labute approximate surface area is 261 Å². The number of nitrogens with two attached hydrogens (primary N) is 1. The van der Waals surface area contributed by atoms with E-state index in [2.05, 4.69) is 4.98 Å². The van der Waals surface area contributed by atoms with Gasteiger partial charge in [-0.3, -0.25) is 19.5 Å². The average molecular weight is 634 g/mol. The summed E-state index contributed by atoms with van der Waals surface area (Å²) in [7, 11) is -2.31. The number of nitrogens with one attached hydrogen (secondary N) is 1. The van der Waals surface area contributed by atoms with Gasteiger partial charge in [0.25, 0.3) is 10.0 Å². The molecule has 1 saturated heterocycles. The Kier molecular flexibility index (Phi) is 8.86. The number of carbonyl (C=O) groups is 1. The summed E-state index contributed by atoms with van der Waals surface area (Å²) in [4.78, 5) is 24.3. The molecule has 1 amide bonds. The van der Waals surface area contributed by atoms with E-state index in [1.165, 1.54) is 6.07 Å². The van der Waals surface area contributed by atoms with Crippen LogP contribution >= 0.6 is 12.4 Å². The molecule has 3 heterocycles. The number of amides is 1. The number of aromatic nitrogens is 3. The van der Waals surface area contributed by atoms with Gasteiger partial charge >= 0.3 is 0 Å². The largest absolute Gasteiger partial charge is 0.384 e. The number of hydrogen-bond acceptors (Lipinski definition) is 7. The molecule has 0 saturated carbocycles. The van der Waals surface area contributed by atoms with E-state index >= 15 is 0 Å². The predicted octanol–water partition coefficient (Wildman–Crippen LogP) is 3.47. The molecule has 0 unspecified atom stereocenters. The minimum atomic E-state index is -4.22. The maximum Gasteiger partial charge on any atom is 0.266 e. The van der Waals surface area contributed by atoms with Crippen molar-refractivity contribution in [2.75, 3.05) is 37.2 Å². The quantitative estimate of drug-likeness (QED) is 0.196. The number of sulfonamides is 1. The normalized spacial score (nSPS) is 13.5. The summed E-state index contributed by atoms with van der Waals surface area (Å²) in [6.45, 7) is 1.24. The number of aryl methyl sites for hydroxylation is 1. The Morgan fingerprint density at radius 1 is 1.05 bits per heavy atom. The fourth-order valence-corrected chi connectivity index (χ4v) is 6.86. The predicted molar refractivity (Wildman–Crippen MR) is 172 cm³/mol. The van der Waals surface area contributed by atoms with Crippen LogP contribution in [0.15, 0.2) is 83.9 Å². The van der Waals surface area contributed by atoms with Crippen molar-refractivity contribution in [3.05, 3.63) is 95.9 Å². The maximum absolute atomic E-state index is 14.3. The maximum atomic E-state index is 14.3. The van der Waals surface area contributed by atoms with Crippen LogP contribution in [0.5, 0.6) is 0 Å². The number of carbonyl (C=O) groups excluding carboxylic acids is 1. The summed E-state index contributed by atoms with van der Waals surface area (Å²) in [6.07, 6.45) is 2.08. The number of nitrogens with zero attached hydrogens (tertiary/aromatic N) is 5. The number of hydrogen-bond donors (Lipinski definition) is 2. The molecule has 3 aromatic carbocycles. The van der Waals surface area contributed by atoms with Gasteiger partial charge in [0, 0.05) is 43.7 Å². The number of fused-ring (bicyclic) bond motifs is 2. The standard InChI is InChI=1S/C31H31N7O4S.ClH/c1-36-26-12-11-24(19-25(26)35-28(36)18-21-7-9-23(10-8-21)31(32)33)38(20-29(39)37-14-16-42-17-15-37)43(40,41)27-6-2-4-22-5-3-13-34-30(22)27;/h2-13,19H,14-18,20H2,1H3,(H3,32,33);1H. The van der Waals surface area contributed by atoms with E-state index < -0.39 is 10.0 Å². The lowest BCUT2D eigenvalue weighted by Gasteiger charge is -2.30. The van der Waals surface area contributed by atoms with E-state index in [0.29, 0.717) is 60.4 Å². The van der Waals surface area contributed by atoms with Crippen molar-refractivity contribution < 1.29 is 17.9 Å². The zero-order valence-corrected chi connectivity index (χ0v) is 25.6. The number of amidine groups is 1. The Balaban J connectivity index is 0.00000384. The molecular weight excluding hydrogens is 602 g/mol. The Morgan fingerprint density at radius 2 is 1.77 bits per heavy atom. The zero-order valence-electron chi connectivity index (χ0n) is 24.0. The number of imidazole rings is 1. The summed E-state index contributed by atoms with van der Waals surface area (Å²) in [5.41, 5.74) is 9.32. The highest BCUT2D eigenvalue weighted by Gasteiger charge is 2.31. The van der Waals surface area contributed by atoms with Crippen LogP contribution in [0.4, 0.5) is 5.69 Å². The van der Waals surface area contributed by atoms with Crippen molar-refractivity contribution in [2.45, 2.75) is 11.3 Å². The van der Waals surface area contributed by atoms with E-state index in [4.69, 9.17) is 20.9 Å². The highest BCUT2D eigenvalue weighted by atomic mass is 35.5. The van der Waals surface area contributed by atoms with Crippen molar-refractivity contribution in [2.24, 2.45) is 12.8 Å². The van der Waals surface area contributed by atoms with Crippen LogP contribution in [0.3, 0.4) is 0 Å². The van der Waals surface area contributed by atoms with Crippen molar-refractivity contribution in [1.82, 2.24) is 19.4 Å². The molecule has 11 nitrogen and oxygen atoms in total. The molecule has 6 rings (SSSR count). The summed E-state index contributed by atoms with van der Waals surface area (Å²) in [5.74, 6) is 0.475. The topological polar surface area (TPSA) is 148 Å². The number of nitrogen functional groups attached to an aromatic ring is 1. The van der Waals surface area contributed by atoms with E-state index in [1.54, 1.807) is 59.6 Å². The van der Waals surface area contributed by atoms with Gasteiger partial charge in [-0.2, -0.15) is 0 Å². The molecule has 228 valence electrons. The van der Waals surface area contributed by atoms with Crippen LogP contribution in [0, 0.1) is 5.41 Å². The molecule has 44 heavy (non-hydrogen) atoms. The highest BCUT2D eigenvalue weighted by Crippen LogP contribution is 2.31. The van der Waals surface area contributed by atoms with Gasteiger partial charge in [-0.1, -0.05) is 42.5 Å². The second-order valence-corrected chi connectivity index (χ2v) is 12.2. The molecule has 5 aromatic rings. The molecule has 1 fully saturated rings. The third-order valence-corrected chi connectivity index (χ3v) is 9.48. The van der Waals surface area contributed by atoms with Gasteiger partial charge in [0.1, 0.15) is 23.1 Å². The molecule has 1 aliphatic rings. The molecule has 0 radical (unpaired) electrons. The lowest BCUT2D eigenvalue weighted by Crippen LogP contribution is -2.47. The van der Waals surface area contributed by atoms with Crippen LogP contribution in [-0.4, -0.2) is 72.4 Å². The first-order chi connectivity index (χ1) is 20.7. The lowest BCUT2D eigenvalue weighted by molar-refractivity contribution is -0.133. The third kappa shape index (κ3) is 5.96. The fraction of sp³-hybridized carbons (Fsp3) is 0.226. The van der Waals surface area contributed by atoms with Gasteiger partial charge < -0.3 is 19.9 Å². The van der Waals surface area contributed by atoms with Crippen LogP contribution in [0.1, 0.15) is 17.0 Å². The van der Waals surface area contributed by atoms with Crippen molar-refractivity contribution in [1.29, 1.82) is 5.41 Å². The van der Waals surface area contributed by atoms with Crippen LogP contribution in [0.25, 0.3) is 21.9 Å². The first-order valence-electron chi connectivity index (χ1n) is 13.8. The Bertz CT molecular complexity index is 1950. The SMILES string of the molecule is Cl.Cn1c(Cc2ccc(C(=N)N)cc2)nc2cc(N(CC(=O)N3CCOCC3)S(=O)(=O)c3cccc4cccnc34)ccc21. The van der Waals surface area contributed by atoms with Crippen LogP contribution in [-0.2, 0) is 33.0 Å². The molecule has 0 aliphatic carbocycles. The van der Waals surface area contributed by atoms with Crippen molar-refractivity contribution in [3.8, 4) is 0 Å². The van der Waals surface area contributed by atoms with E-state index in [-0.39, 0.29) is 35.6 Å². The van der Waals surface area contributed by atoms with E-state index in [9.17, 15) is 13.2 Å². The second kappa shape index (κ2) is 12.6. The average Bonchev–Trinajstić information content (AvgIpc) is 3.33. The number of ether oxygens (including phenoxy) is 1. The summed E-state index contributed by atoms with van der Waals surface area (Å²) in [5, 5.41) is 8.29. The first-order valence-corrected chi connectivity index (χ1v) is 15.3.